The molecule has 0 atom stereocenters. The van der Waals surface area contributed by atoms with E-state index in [2.05, 4.69) is 15.3 Å². The van der Waals surface area contributed by atoms with E-state index in [0.29, 0.717) is 16.5 Å². The number of hydrogen-bond donors (Lipinski definition) is 3. The van der Waals surface area contributed by atoms with Crippen LogP contribution in [0.3, 0.4) is 0 Å². The number of nitrogens with zero attached hydrogens (tertiary/aromatic N) is 2. The van der Waals surface area contributed by atoms with Gasteiger partial charge in [0.05, 0.1) is 6.20 Å². The Hall–Kier alpha value is -3.68. The summed E-state index contributed by atoms with van der Waals surface area (Å²) in [6, 6.07) is 10.1. The number of ether oxygens (including phenoxy) is 1. The van der Waals surface area contributed by atoms with Crippen LogP contribution in [0.25, 0.3) is 10.8 Å². The summed E-state index contributed by atoms with van der Waals surface area (Å²) in [4.78, 5) is 30.8. The molecule has 0 aliphatic heterocycles. The molecule has 0 fully saturated rings. The Morgan fingerprint density at radius 3 is 2.56 bits per heavy atom. The molecular weight excluding hydrogens is 326 g/mol. The van der Waals surface area contributed by atoms with Gasteiger partial charge in [0, 0.05) is 17.0 Å². The molecule has 0 bridgehead atoms. The Balaban J connectivity index is 2.07. The molecule has 126 valence electrons. The number of carboxylic acids is 1. The van der Waals surface area contributed by atoms with Crippen LogP contribution in [0, 0.1) is 0 Å². The molecule has 2 heterocycles. The maximum absolute atomic E-state index is 12.2. The average Bonchev–Trinajstić information content (AvgIpc) is 2.63. The lowest BCUT2D eigenvalue weighted by atomic mass is 10.1. The van der Waals surface area contributed by atoms with Gasteiger partial charge in [0.15, 0.2) is 11.4 Å². The predicted octanol–water partition coefficient (Wildman–Crippen LogP) is 1.94. The van der Waals surface area contributed by atoms with E-state index in [4.69, 9.17) is 9.84 Å². The van der Waals surface area contributed by atoms with E-state index < -0.39 is 18.4 Å². The van der Waals surface area contributed by atoms with Crippen molar-refractivity contribution in [1.29, 1.82) is 0 Å². The highest BCUT2D eigenvalue weighted by Crippen LogP contribution is 2.35. The Labute approximate surface area is 141 Å². The topological polar surface area (TPSA) is 122 Å². The molecule has 0 saturated heterocycles. The standard InChI is InChI=1S/C17H13N3O5/c21-13(22)9-19-16(24)14-15(23)11-5-1-2-6-12(11)17(20-14)25-10-4-3-7-18-8-10/h1-8,23H,9H2,(H,19,24)(H,21,22). The third kappa shape index (κ3) is 3.47. The molecule has 1 amide bonds. The highest BCUT2D eigenvalue weighted by molar-refractivity contribution is 6.03. The van der Waals surface area contributed by atoms with Crippen LogP contribution in [-0.2, 0) is 4.79 Å². The Morgan fingerprint density at radius 1 is 1.12 bits per heavy atom. The lowest BCUT2D eigenvalue weighted by Gasteiger charge is -2.12. The molecule has 25 heavy (non-hydrogen) atoms. The smallest absolute Gasteiger partial charge is 0.322 e. The summed E-state index contributed by atoms with van der Waals surface area (Å²) in [5.74, 6) is -1.87. The van der Waals surface area contributed by atoms with Gasteiger partial charge in [-0.05, 0) is 18.2 Å². The minimum absolute atomic E-state index is 0.0990. The first-order valence-electron chi connectivity index (χ1n) is 7.26. The molecule has 3 rings (SSSR count). The first-order chi connectivity index (χ1) is 12.1. The van der Waals surface area contributed by atoms with E-state index in [0.717, 1.165) is 0 Å². The van der Waals surface area contributed by atoms with Crippen molar-refractivity contribution in [2.75, 3.05) is 6.54 Å². The second-order valence-corrected chi connectivity index (χ2v) is 5.03. The van der Waals surface area contributed by atoms with Crippen LogP contribution in [0.15, 0.2) is 48.8 Å². The number of benzene rings is 1. The fourth-order valence-electron chi connectivity index (χ4n) is 2.21. The molecule has 0 aliphatic rings. The van der Waals surface area contributed by atoms with Gasteiger partial charge >= 0.3 is 5.97 Å². The molecule has 8 heteroatoms. The third-order valence-electron chi connectivity index (χ3n) is 3.31. The SMILES string of the molecule is O=C(O)CNC(=O)c1nc(Oc2cccnc2)c2ccccc2c1O. The number of aromatic hydroxyl groups is 1. The van der Waals surface area contributed by atoms with Crippen molar-refractivity contribution >= 4 is 22.6 Å². The van der Waals surface area contributed by atoms with E-state index in [1.54, 1.807) is 42.6 Å². The number of carbonyl (C=O) groups excluding carboxylic acids is 1. The van der Waals surface area contributed by atoms with Crippen molar-refractivity contribution in [3.05, 3.63) is 54.5 Å². The zero-order valence-corrected chi connectivity index (χ0v) is 12.8. The van der Waals surface area contributed by atoms with Crippen molar-refractivity contribution in [3.8, 4) is 17.4 Å². The molecule has 3 aromatic rings. The number of rotatable bonds is 5. The molecule has 0 spiro atoms. The molecule has 0 aliphatic carbocycles. The van der Waals surface area contributed by atoms with Crippen LogP contribution in [0.2, 0.25) is 0 Å². The number of aromatic nitrogens is 2. The van der Waals surface area contributed by atoms with Crippen LogP contribution < -0.4 is 10.1 Å². The minimum Gasteiger partial charge on any atom is -0.505 e. The largest absolute Gasteiger partial charge is 0.505 e. The third-order valence-corrected chi connectivity index (χ3v) is 3.31. The van der Waals surface area contributed by atoms with Crippen LogP contribution >= 0.6 is 0 Å². The van der Waals surface area contributed by atoms with Crippen LogP contribution in [0.4, 0.5) is 0 Å². The summed E-state index contributed by atoms with van der Waals surface area (Å²) in [6.45, 7) is -0.592. The molecule has 1 aromatic carbocycles. The molecule has 0 radical (unpaired) electrons. The fourth-order valence-corrected chi connectivity index (χ4v) is 2.21. The summed E-state index contributed by atoms with van der Waals surface area (Å²) < 4.78 is 5.68. The lowest BCUT2D eigenvalue weighted by Crippen LogP contribution is -2.30. The fraction of sp³-hybridized carbons (Fsp3) is 0.0588. The van der Waals surface area contributed by atoms with Crippen molar-refractivity contribution in [3.63, 3.8) is 0 Å². The van der Waals surface area contributed by atoms with Crippen molar-refractivity contribution in [2.24, 2.45) is 0 Å². The molecule has 0 saturated carbocycles. The first-order valence-corrected chi connectivity index (χ1v) is 7.26. The molecule has 0 unspecified atom stereocenters. The van der Waals surface area contributed by atoms with Crippen LogP contribution in [0.1, 0.15) is 10.5 Å². The quantitative estimate of drug-likeness (QED) is 0.649. The second-order valence-electron chi connectivity index (χ2n) is 5.03. The van der Waals surface area contributed by atoms with Gasteiger partial charge in [0.1, 0.15) is 12.3 Å². The highest BCUT2D eigenvalue weighted by atomic mass is 16.5. The van der Waals surface area contributed by atoms with Gasteiger partial charge in [0.2, 0.25) is 5.88 Å². The van der Waals surface area contributed by atoms with Crippen molar-refractivity contribution < 1.29 is 24.5 Å². The number of hydrogen-bond acceptors (Lipinski definition) is 6. The van der Waals surface area contributed by atoms with Gasteiger partial charge in [-0.1, -0.05) is 18.2 Å². The Morgan fingerprint density at radius 2 is 1.88 bits per heavy atom. The van der Waals surface area contributed by atoms with E-state index in [1.807, 2.05) is 0 Å². The summed E-state index contributed by atoms with van der Waals surface area (Å²) in [5, 5.41) is 22.0. The number of aliphatic carboxylic acids is 1. The maximum atomic E-state index is 12.2. The first kappa shape index (κ1) is 16.2. The Bertz CT molecular complexity index is 944. The summed E-state index contributed by atoms with van der Waals surface area (Å²) in [5.41, 5.74) is -0.321. The monoisotopic (exact) mass is 339 g/mol. The molecule has 3 N–H and O–H groups in total. The highest BCUT2D eigenvalue weighted by Gasteiger charge is 2.20. The normalized spacial score (nSPS) is 10.4. The zero-order chi connectivity index (χ0) is 17.8. The van der Waals surface area contributed by atoms with Crippen LogP contribution in [0.5, 0.6) is 17.4 Å². The lowest BCUT2D eigenvalue weighted by molar-refractivity contribution is -0.135. The predicted molar refractivity (Wildman–Crippen MR) is 87.7 cm³/mol. The number of carboxylic acid groups (broad SMARTS) is 1. The summed E-state index contributed by atoms with van der Waals surface area (Å²) in [6.07, 6.45) is 3.06. The van der Waals surface area contributed by atoms with Gasteiger partial charge in [-0.2, -0.15) is 0 Å². The molecular formula is C17H13N3O5. The van der Waals surface area contributed by atoms with Gasteiger partial charge < -0.3 is 20.3 Å². The maximum Gasteiger partial charge on any atom is 0.322 e. The number of nitrogens with one attached hydrogen (secondary N) is 1. The van der Waals surface area contributed by atoms with Crippen LogP contribution in [-0.4, -0.2) is 38.6 Å². The van der Waals surface area contributed by atoms with Gasteiger partial charge in [-0.25, -0.2) is 4.98 Å². The number of fused-ring (bicyclic) bond motifs is 1. The second kappa shape index (κ2) is 6.83. The van der Waals surface area contributed by atoms with E-state index in [1.165, 1.54) is 6.20 Å². The number of amides is 1. The molecule has 8 nitrogen and oxygen atoms in total. The molecule has 2 aromatic heterocycles. The van der Waals surface area contributed by atoms with E-state index in [-0.39, 0.29) is 17.3 Å². The Kier molecular flexibility index (Phi) is 4.42. The summed E-state index contributed by atoms with van der Waals surface area (Å²) in [7, 11) is 0. The van der Waals surface area contributed by atoms with Gasteiger partial charge in [-0.3, -0.25) is 14.6 Å². The number of pyridine rings is 2. The van der Waals surface area contributed by atoms with E-state index >= 15 is 0 Å². The van der Waals surface area contributed by atoms with Gasteiger partial charge in [0.25, 0.3) is 5.91 Å². The van der Waals surface area contributed by atoms with Crippen molar-refractivity contribution in [1.82, 2.24) is 15.3 Å². The minimum atomic E-state index is -1.21. The van der Waals surface area contributed by atoms with Gasteiger partial charge in [-0.15, -0.1) is 0 Å². The summed E-state index contributed by atoms with van der Waals surface area (Å²) >= 11 is 0. The average molecular weight is 339 g/mol. The zero-order valence-electron chi connectivity index (χ0n) is 12.8. The number of carbonyl (C=O) groups is 2. The van der Waals surface area contributed by atoms with E-state index in [9.17, 15) is 14.7 Å². The van der Waals surface area contributed by atoms with Crippen molar-refractivity contribution in [2.45, 2.75) is 0 Å².